The van der Waals surface area contributed by atoms with Gasteiger partial charge in [0, 0.05) is 17.9 Å². The van der Waals surface area contributed by atoms with Crippen molar-refractivity contribution in [1.82, 2.24) is 10.6 Å². The zero-order valence-corrected chi connectivity index (χ0v) is 14.1. The number of carbonyl (C=O) groups is 1. The van der Waals surface area contributed by atoms with Gasteiger partial charge in [-0.2, -0.15) is 0 Å². The van der Waals surface area contributed by atoms with Gasteiger partial charge in [0.2, 0.25) is 5.91 Å². The number of nitrogens with one attached hydrogen (secondary N) is 2. The summed E-state index contributed by atoms with van der Waals surface area (Å²) in [7, 11) is 0. The van der Waals surface area contributed by atoms with Crippen molar-refractivity contribution in [3.05, 3.63) is 35.4 Å². The molecule has 0 radical (unpaired) electrons. The maximum Gasteiger partial charge on any atom is 0.223 e. The molecular weight excluding hydrogens is 284 g/mol. The minimum Gasteiger partial charge on any atom is -0.355 e. The molecule has 0 aromatic heterocycles. The molecular formula is C17H27ClN2O. The van der Waals surface area contributed by atoms with Gasteiger partial charge in [-0.3, -0.25) is 4.79 Å². The minimum atomic E-state index is -0.0315. The van der Waals surface area contributed by atoms with Gasteiger partial charge in [0.1, 0.15) is 0 Å². The highest BCUT2D eigenvalue weighted by Gasteiger charge is 2.25. The number of hydrogen-bond acceptors (Lipinski definition) is 2. The van der Waals surface area contributed by atoms with Gasteiger partial charge in [0.15, 0.2) is 0 Å². The third kappa shape index (κ3) is 5.01. The molecule has 0 saturated carbocycles. The van der Waals surface area contributed by atoms with E-state index in [2.05, 4.69) is 55.7 Å². The van der Waals surface area contributed by atoms with Gasteiger partial charge in [-0.15, -0.1) is 12.4 Å². The normalized spacial score (nSPS) is 16.1. The summed E-state index contributed by atoms with van der Waals surface area (Å²) in [5.41, 5.74) is 2.51. The first-order valence-corrected chi connectivity index (χ1v) is 7.54. The van der Waals surface area contributed by atoms with Crippen LogP contribution in [0.25, 0.3) is 0 Å². The molecule has 1 aliphatic heterocycles. The maximum atomic E-state index is 12.2. The van der Waals surface area contributed by atoms with Crippen LogP contribution < -0.4 is 10.6 Å². The van der Waals surface area contributed by atoms with E-state index in [4.69, 9.17) is 0 Å². The highest BCUT2D eigenvalue weighted by Crippen LogP contribution is 2.23. The lowest BCUT2D eigenvalue weighted by atomic mass is 9.84. The molecule has 0 spiro atoms. The van der Waals surface area contributed by atoms with Gasteiger partial charge in [-0.1, -0.05) is 43.7 Å². The molecule has 0 aliphatic carbocycles. The van der Waals surface area contributed by atoms with Crippen LogP contribution in [0.2, 0.25) is 0 Å². The highest BCUT2D eigenvalue weighted by atomic mass is 35.5. The number of benzene rings is 1. The molecule has 21 heavy (non-hydrogen) atoms. The van der Waals surface area contributed by atoms with Crippen LogP contribution in [0.4, 0.5) is 0 Å². The molecule has 0 bridgehead atoms. The van der Waals surface area contributed by atoms with Crippen LogP contribution >= 0.6 is 12.4 Å². The summed E-state index contributed by atoms with van der Waals surface area (Å²) >= 11 is 0. The SMILES string of the molecule is Cc1ccc(C(C)(C)CNC(=O)C2CCNCC2)cc1.Cl. The van der Waals surface area contributed by atoms with Gasteiger partial charge in [0.05, 0.1) is 0 Å². The third-order valence-corrected chi connectivity index (χ3v) is 4.25. The van der Waals surface area contributed by atoms with Gasteiger partial charge < -0.3 is 10.6 Å². The second-order valence-corrected chi connectivity index (χ2v) is 6.49. The van der Waals surface area contributed by atoms with Gasteiger partial charge in [0.25, 0.3) is 0 Å². The summed E-state index contributed by atoms with van der Waals surface area (Å²) in [6, 6.07) is 8.58. The molecule has 4 heteroatoms. The second kappa shape index (κ2) is 7.81. The summed E-state index contributed by atoms with van der Waals surface area (Å²) in [6.07, 6.45) is 1.91. The van der Waals surface area contributed by atoms with Crippen LogP contribution in [0.1, 0.15) is 37.8 Å². The fourth-order valence-electron chi connectivity index (χ4n) is 2.64. The topological polar surface area (TPSA) is 41.1 Å². The predicted molar refractivity (Wildman–Crippen MR) is 90.1 cm³/mol. The average molecular weight is 311 g/mol. The standard InChI is InChI=1S/C17H26N2O.ClH/c1-13-4-6-15(7-5-13)17(2,3)12-19-16(20)14-8-10-18-11-9-14;/h4-7,14,18H,8-12H2,1-3H3,(H,19,20);1H. The number of aryl methyl sites for hydroxylation is 1. The molecule has 2 N–H and O–H groups in total. The zero-order valence-electron chi connectivity index (χ0n) is 13.2. The van der Waals surface area contributed by atoms with E-state index in [0.29, 0.717) is 6.54 Å². The highest BCUT2D eigenvalue weighted by molar-refractivity contribution is 5.85. The van der Waals surface area contributed by atoms with E-state index < -0.39 is 0 Å². The molecule has 1 aromatic rings. The molecule has 1 amide bonds. The molecule has 1 heterocycles. The van der Waals surface area contributed by atoms with Crippen LogP contribution in [0, 0.1) is 12.8 Å². The van der Waals surface area contributed by atoms with E-state index in [1.165, 1.54) is 11.1 Å². The minimum absolute atomic E-state index is 0. The Bertz CT molecular complexity index is 450. The Labute approximate surface area is 134 Å². The van der Waals surface area contributed by atoms with Crippen LogP contribution in [-0.4, -0.2) is 25.5 Å². The summed E-state index contributed by atoms with van der Waals surface area (Å²) < 4.78 is 0. The van der Waals surface area contributed by atoms with E-state index in [-0.39, 0.29) is 29.6 Å². The van der Waals surface area contributed by atoms with E-state index in [9.17, 15) is 4.79 Å². The molecule has 1 aromatic carbocycles. The van der Waals surface area contributed by atoms with Gasteiger partial charge in [-0.05, 0) is 38.4 Å². The molecule has 3 nitrogen and oxygen atoms in total. The fourth-order valence-corrected chi connectivity index (χ4v) is 2.64. The fraction of sp³-hybridized carbons (Fsp3) is 0.588. The number of carbonyl (C=O) groups excluding carboxylic acids is 1. The molecule has 1 saturated heterocycles. The van der Waals surface area contributed by atoms with Crippen molar-refractivity contribution in [3.63, 3.8) is 0 Å². The molecule has 1 aliphatic rings. The lowest BCUT2D eigenvalue weighted by Crippen LogP contribution is -2.42. The Kier molecular flexibility index (Phi) is 6.69. The third-order valence-electron chi connectivity index (χ3n) is 4.25. The second-order valence-electron chi connectivity index (χ2n) is 6.49. The first-order valence-electron chi connectivity index (χ1n) is 7.54. The number of halogens is 1. The summed E-state index contributed by atoms with van der Waals surface area (Å²) in [6.45, 7) is 9.06. The lowest BCUT2D eigenvalue weighted by molar-refractivity contribution is -0.125. The smallest absolute Gasteiger partial charge is 0.223 e. The van der Waals surface area contributed by atoms with Gasteiger partial charge in [-0.25, -0.2) is 0 Å². The first kappa shape index (κ1) is 18.0. The van der Waals surface area contributed by atoms with Crippen molar-refractivity contribution >= 4 is 18.3 Å². The predicted octanol–water partition coefficient (Wildman–Crippen LogP) is 2.81. The Morgan fingerprint density at radius 1 is 1.24 bits per heavy atom. The van der Waals surface area contributed by atoms with Crippen LogP contribution in [-0.2, 0) is 10.2 Å². The number of piperidine rings is 1. The molecule has 0 unspecified atom stereocenters. The first-order chi connectivity index (χ1) is 9.49. The van der Waals surface area contributed by atoms with E-state index in [0.717, 1.165) is 25.9 Å². The van der Waals surface area contributed by atoms with Crippen LogP contribution in [0.15, 0.2) is 24.3 Å². The Hall–Kier alpha value is -1.06. The Balaban J connectivity index is 0.00000220. The monoisotopic (exact) mass is 310 g/mol. The zero-order chi connectivity index (χ0) is 14.6. The van der Waals surface area contributed by atoms with Crippen molar-refractivity contribution in [3.8, 4) is 0 Å². The number of rotatable bonds is 4. The summed E-state index contributed by atoms with van der Waals surface area (Å²) in [5.74, 6) is 0.400. The van der Waals surface area contributed by atoms with Crippen molar-refractivity contribution in [2.45, 2.75) is 39.0 Å². The van der Waals surface area contributed by atoms with E-state index in [1.54, 1.807) is 0 Å². The largest absolute Gasteiger partial charge is 0.355 e. The summed E-state index contributed by atoms with van der Waals surface area (Å²) in [4.78, 5) is 12.2. The Morgan fingerprint density at radius 3 is 2.38 bits per heavy atom. The quantitative estimate of drug-likeness (QED) is 0.898. The van der Waals surface area contributed by atoms with Crippen molar-refractivity contribution in [2.75, 3.05) is 19.6 Å². The molecule has 1 fully saturated rings. The molecule has 118 valence electrons. The molecule has 0 atom stereocenters. The maximum absolute atomic E-state index is 12.2. The van der Waals surface area contributed by atoms with Crippen molar-refractivity contribution in [2.24, 2.45) is 5.92 Å². The lowest BCUT2D eigenvalue weighted by Gasteiger charge is -2.28. The van der Waals surface area contributed by atoms with E-state index in [1.807, 2.05) is 0 Å². The average Bonchev–Trinajstić information content (AvgIpc) is 2.46. The van der Waals surface area contributed by atoms with E-state index >= 15 is 0 Å². The van der Waals surface area contributed by atoms with Crippen LogP contribution in [0.5, 0.6) is 0 Å². The number of amides is 1. The summed E-state index contributed by atoms with van der Waals surface area (Å²) in [5, 5.41) is 6.43. The Morgan fingerprint density at radius 2 is 1.81 bits per heavy atom. The van der Waals surface area contributed by atoms with Gasteiger partial charge >= 0.3 is 0 Å². The van der Waals surface area contributed by atoms with Crippen molar-refractivity contribution in [1.29, 1.82) is 0 Å². The van der Waals surface area contributed by atoms with Crippen LogP contribution in [0.3, 0.4) is 0 Å². The molecule has 2 rings (SSSR count). The van der Waals surface area contributed by atoms with Crippen molar-refractivity contribution < 1.29 is 4.79 Å². The number of hydrogen-bond donors (Lipinski definition) is 2.